The number of nitro groups is 1. The number of carbonyl (C=O) groups excluding carboxylic acids is 1. The molecule has 5 rings (SSSR count). The molecule has 0 aliphatic heterocycles. The van der Waals surface area contributed by atoms with Crippen LogP contribution in [0.4, 0.5) is 17.1 Å². The molecule has 1 N–H and O–H groups in total. The van der Waals surface area contributed by atoms with E-state index >= 15 is 0 Å². The Morgan fingerprint density at radius 2 is 1.73 bits per heavy atom. The zero-order chi connectivity index (χ0) is 29.1. The summed E-state index contributed by atoms with van der Waals surface area (Å²) >= 11 is 0. The number of anilines is 2. The molecule has 10 heteroatoms. The van der Waals surface area contributed by atoms with Crippen LogP contribution in [0.2, 0.25) is 0 Å². The van der Waals surface area contributed by atoms with Gasteiger partial charge in [-0.05, 0) is 93.4 Å². The molecule has 208 valence electrons. The zero-order valence-electron chi connectivity index (χ0n) is 23.3. The topological polar surface area (TPSA) is 119 Å². The summed E-state index contributed by atoms with van der Waals surface area (Å²) in [6.07, 6.45) is 2.87. The number of nitrogens with one attached hydrogen (secondary N) is 1. The highest BCUT2D eigenvalue weighted by Crippen LogP contribution is 2.31. The molecule has 41 heavy (non-hydrogen) atoms. The van der Waals surface area contributed by atoms with E-state index in [1.165, 1.54) is 18.2 Å². The second-order valence-corrected chi connectivity index (χ2v) is 9.59. The highest BCUT2D eigenvalue weighted by molar-refractivity contribution is 6.03. The summed E-state index contributed by atoms with van der Waals surface area (Å²) in [6.45, 7) is 10.1. The third-order valence-electron chi connectivity index (χ3n) is 6.90. The molecule has 10 nitrogen and oxygen atoms in total. The number of hydrogen-bond donors (Lipinski definition) is 1. The first-order valence-corrected chi connectivity index (χ1v) is 13.3. The van der Waals surface area contributed by atoms with Gasteiger partial charge in [0.25, 0.3) is 5.69 Å². The van der Waals surface area contributed by atoms with Crippen molar-refractivity contribution in [1.82, 2.24) is 15.0 Å². The zero-order valence-corrected chi connectivity index (χ0v) is 23.3. The largest absolute Gasteiger partial charge is 0.456 e. The Morgan fingerprint density at radius 3 is 2.44 bits per heavy atom. The Bertz CT molecular complexity index is 1780. The van der Waals surface area contributed by atoms with Crippen LogP contribution in [-0.2, 0) is 4.79 Å². The van der Waals surface area contributed by atoms with Crippen LogP contribution in [0.15, 0.2) is 77.2 Å². The van der Waals surface area contributed by atoms with Crippen LogP contribution in [-0.4, -0.2) is 38.9 Å². The Labute approximate surface area is 237 Å². The van der Waals surface area contributed by atoms with Gasteiger partial charge in [-0.3, -0.25) is 14.9 Å². The Balaban J connectivity index is 1.32. The molecular weight excluding hydrogens is 520 g/mol. The van der Waals surface area contributed by atoms with Gasteiger partial charge < -0.3 is 14.6 Å². The number of nitro benzene ring substituents is 1. The number of aryl methyl sites for hydroxylation is 2. The summed E-state index contributed by atoms with van der Waals surface area (Å²) in [6, 6.07) is 19.6. The minimum Gasteiger partial charge on any atom is -0.456 e. The number of benzene rings is 3. The van der Waals surface area contributed by atoms with Crippen molar-refractivity contribution in [3.8, 4) is 17.0 Å². The fourth-order valence-corrected chi connectivity index (χ4v) is 4.72. The quantitative estimate of drug-likeness (QED) is 0.123. The van der Waals surface area contributed by atoms with E-state index in [4.69, 9.17) is 4.42 Å². The van der Waals surface area contributed by atoms with Crippen molar-refractivity contribution in [2.24, 2.45) is 0 Å². The number of rotatable bonds is 9. The summed E-state index contributed by atoms with van der Waals surface area (Å²) in [7, 11) is 0. The first-order chi connectivity index (χ1) is 19.8. The van der Waals surface area contributed by atoms with Gasteiger partial charge in [0.2, 0.25) is 5.91 Å². The molecule has 0 saturated carbocycles. The minimum atomic E-state index is -0.456. The molecule has 2 heterocycles. The van der Waals surface area contributed by atoms with E-state index in [0.717, 1.165) is 41.1 Å². The van der Waals surface area contributed by atoms with Crippen LogP contribution < -0.4 is 10.2 Å². The Kier molecular flexibility index (Phi) is 7.64. The highest BCUT2D eigenvalue weighted by atomic mass is 16.6. The molecule has 0 unspecified atom stereocenters. The molecule has 3 aromatic carbocycles. The molecular formula is C31H30N6O4. The van der Waals surface area contributed by atoms with E-state index in [0.29, 0.717) is 28.3 Å². The molecule has 0 saturated heterocycles. The Hall–Kier alpha value is -5.25. The summed E-state index contributed by atoms with van der Waals surface area (Å²) < 4.78 is 5.74. The van der Waals surface area contributed by atoms with E-state index in [9.17, 15) is 14.9 Å². The first kappa shape index (κ1) is 27.3. The maximum Gasteiger partial charge on any atom is 0.280 e. The maximum atomic E-state index is 12.7. The minimum absolute atomic E-state index is 0.0512. The average Bonchev–Trinajstić information content (AvgIpc) is 3.60. The van der Waals surface area contributed by atoms with Gasteiger partial charge in [-0.15, -0.1) is 10.2 Å². The van der Waals surface area contributed by atoms with Crippen LogP contribution in [0.5, 0.6) is 0 Å². The van der Waals surface area contributed by atoms with Gasteiger partial charge in [-0.25, -0.2) is 0 Å². The molecule has 5 aromatic rings. The number of furan rings is 1. The van der Waals surface area contributed by atoms with Crippen molar-refractivity contribution < 1.29 is 14.1 Å². The van der Waals surface area contributed by atoms with Gasteiger partial charge in [0, 0.05) is 36.6 Å². The predicted molar refractivity (Wildman–Crippen MR) is 160 cm³/mol. The van der Waals surface area contributed by atoms with Gasteiger partial charge >= 0.3 is 0 Å². The van der Waals surface area contributed by atoms with E-state index in [2.05, 4.69) is 46.4 Å². The van der Waals surface area contributed by atoms with E-state index in [1.807, 2.05) is 26.0 Å². The molecule has 0 bridgehead atoms. The summed E-state index contributed by atoms with van der Waals surface area (Å²) in [4.78, 5) is 27.5. The van der Waals surface area contributed by atoms with Crippen molar-refractivity contribution in [2.45, 2.75) is 27.7 Å². The van der Waals surface area contributed by atoms with Crippen molar-refractivity contribution in [3.63, 3.8) is 0 Å². The third-order valence-corrected chi connectivity index (χ3v) is 6.90. The van der Waals surface area contributed by atoms with Gasteiger partial charge in [0.05, 0.1) is 16.2 Å². The molecule has 1 amide bonds. The molecule has 0 spiro atoms. The molecule has 0 atom stereocenters. The lowest BCUT2D eigenvalue weighted by atomic mass is 10.1. The predicted octanol–water partition coefficient (Wildman–Crippen LogP) is 6.70. The number of carbonyl (C=O) groups is 1. The SMILES string of the molecule is CCN(CC)c1ccc(-n2nc3cc(C)c(NC(=O)/C=C/c4ccc(-c5ccccc5[N+](=O)[O-])o4)cc3n2)c(C)c1. The Morgan fingerprint density at radius 1 is 1.00 bits per heavy atom. The third kappa shape index (κ3) is 5.72. The van der Waals surface area contributed by atoms with Gasteiger partial charge in [-0.2, -0.15) is 4.80 Å². The smallest absolute Gasteiger partial charge is 0.280 e. The average molecular weight is 551 g/mol. The molecule has 2 aromatic heterocycles. The normalized spacial score (nSPS) is 11.3. The van der Waals surface area contributed by atoms with Crippen molar-refractivity contribution in [1.29, 1.82) is 0 Å². The number of fused-ring (bicyclic) bond motifs is 1. The number of para-hydroxylation sites is 1. The summed E-state index contributed by atoms with van der Waals surface area (Å²) in [5.41, 5.74) is 6.27. The maximum absolute atomic E-state index is 12.7. The van der Waals surface area contributed by atoms with E-state index in [-0.39, 0.29) is 11.6 Å². The van der Waals surface area contributed by atoms with Crippen molar-refractivity contribution in [3.05, 3.63) is 99.8 Å². The fraction of sp³-hybridized carbons (Fsp3) is 0.194. The van der Waals surface area contributed by atoms with Crippen LogP contribution in [0.3, 0.4) is 0 Å². The number of hydrogen-bond acceptors (Lipinski definition) is 7. The molecule has 0 aliphatic rings. The first-order valence-electron chi connectivity index (χ1n) is 13.3. The summed E-state index contributed by atoms with van der Waals surface area (Å²) in [5.74, 6) is 0.386. The van der Waals surface area contributed by atoms with E-state index in [1.54, 1.807) is 41.2 Å². The molecule has 0 radical (unpaired) electrons. The lowest BCUT2D eigenvalue weighted by molar-refractivity contribution is -0.384. The number of nitrogens with zero attached hydrogens (tertiary/aromatic N) is 5. The van der Waals surface area contributed by atoms with E-state index < -0.39 is 4.92 Å². The second-order valence-electron chi connectivity index (χ2n) is 9.59. The van der Waals surface area contributed by atoms with Gasteiger partial charge in [0.15, 0.2) is 0 Å². The number of amides is 1. The molecule has 0 aliphatic carbocycles. The van der Waals surface area contributed by atoms with Crippen molar-refractivity contribution in [2.75, 3.05) is 23.3 Å². The standard InChI is InChI=1S/C31H30N6O4/c1-5-35(6-2)22-11-14-28(21(4)17-22)36-33-26-18-20(3)25(19-27(26)34-36)32-31(38)16-13-23-12-15-30(41-23)24-9-7-8-10-29(24)37(39)40/h7-19H,5-6H2,1-4H3,(H,32,38)/b16-13+. The highest BCUT2D eigenvalue weighted by Gasteiger charge is 2.17. The monoisotopic (exact) mass is 550 g/mol. The van der Waals surface area contributed by atoms with Crippen LogP contribution in [0.25, 0.3) is 34.1 Å². The molecule has 0 fully saturated rings. The van der Waals surface area contributed by atoms with Crippen LogP contribution in [0, 0.1) is 24.0 Å². The van der Waals surface area contributed by atoms with Crippen LogP contribution in [0.1, 0.15) is 30.7 Å². The lowest BCUT2D eigenvalue weighted by Gasteiger charge is -2.22. The second kappa shape index (κ2) is 11.5. The van der Waals surface area contributed by atoms with Gasteiger partial charge in [-0.1, -0.05) is 12.1 Å². The lowest BCUT2D eigenvalue weighted by Crippen LogP contribution is -2.21. The number of aromatic nitrogens is 3. The fourth-order valence-electron chi connectivity index (χ4n) is 4.72. The van der Waals surface area contributed by atoms with Crippen LogP contribution >= 0.6 is 0 Å². The van der Waals surface area contributed by atoms with Gasteiger partial charge in [0.1, 0.15) is 22.6 Å². The van der Waals surface area contributed by atoms with Crippen molar-refractivity contribution >= 4 is 40.1 Å². The summed E-state index contributed by atoms with van der Waals surface area (Å²) in [5, 5.41) is 23.6.